The molecule has 0 spiro atoms. The lowest BCUT2D eigenvalue weighted by Gasteiger charge is -2.19. The number of aryl methyl sites for hydroxylation is 1. The van der Waals surface area contributed by atoms with E-state index >= 15 is 0 Å². The maximum atomic E-state index is 12.7. The predicted octanol–water partition coefficient (Wildman–Crippen LogP) is 3.90. The van der Waals surface area contributed by atoms with Crippen molar-refractivity contribution in [1.82, 2.24) is 4.31 Å². The molecule has 1 amide bonds. The molecule has 146 valence electrons. The summed E-state index contributed by atoms with van der Waals surface area (Å²) in [7, 11) is -3.55. The van der Waals surface area contributed by atoms with E-state index in [9.17, 15) is 13.2 Å². The lowest BCUT2D eigenvalue weighted by atomic mass is 10.2. The van der Waals surface area contributed by atoms with E-state index in [2.05, 4.69) is 5.32 Å². The molecule has 0 aliphatic rings. The van der Waals surface area contributed by atoms with Crippen molar-refractivity contribution in [3.63, 3.8) is 0 Å². The van der Waals surface area contributed by atoms with Gasteiger partial charge in [-0.25, -0.2) is 8.42 Å². The number of carbonyl (C=O) groups is 1. The van der Waals surface area contributed by atoms with E-state index in [0.717, 1.165) is 11.3 Å². The molecule has 1 N–H and O–H groups in total. The summed E-state index contributed by atoms with van der Waals surface area (Å²) in [4.78, 5) is 12.5. The number of sulfonamides is 1. The summed E-state index contributed by atoms with van der Waals surface area (Å²) in [6.45, 7) is 6.28. The Kier molecular flexibility index (Phi) is 7.89. The largest absolute Gasteiger partial charge is 0.325 e. The van der Waals surface area contributed by atoms with Gasteiger partial charge in [0.05, 0.1) is 10.6 Å². The Labute approximate surface area is 166 Å². The van der Waals surface area contributed by atoms with Crippen LogP contribution in [0.5, 0.6) is 0 Å². The van der Waals surface area contributed by atoms with Gasteiger partial charge in [-0.2, -0.15) is 4.31 Å². The van der Waals surface area contributed by atoms with Crippen molar-refractivity contribution in [2.75, 3.05) is 24.2 Å². The minimum atomic E-state index is -3.55. The summed E-state index contributed by atoms with van der Waals surface area (Å²) >= 11 is 1.52. The van der Waals surface area contributed by atoms with Crippen LogP contribution in [0.4, 0.5) is 5.69 Å². The van der Waals surface area contributed by atoms with Crippen LogP contribution in [0.1, 0.15) is 25.0 Å². The van der Waals surface area contributed by atoms with Crippen molar-refractivity contribution < 1.29 is 13.2 Å². The number of thioether (sulfide) groups is 1. The van der Waals surface area contributed by atoms with Crippen molar-refractivity contribution in [1.29, 1.82) is 0 Å². The Morgan fingerprint density at radius 1 is 1.07 bits per heavy atom. The summed E-state index contributed by atoms with van der Waals surface area (Å²) in [5, 5.41) is 2.84. The smallest absolute Gasteiger partial charge is 0.243 e. The molecule has 0 heterocycles. The first-order chi connectivity index (χ1) is 12.9. The maximum absolute atomic E-state index is 12.7. The van der Waals surface area contributed by atoms with Gasteiger partial charge in [0, 0.05) is 24.5 Å². The normalized spacial score (nSPS) is 11.6. The van der Waals surface area contributed by atoms with Gasteiger partial charge < -0.3 is 5.32 Å². The standard InChI is InChI=1S/C20H26N2O3S2/c1-4-22(5-2)27(24,25)18-12-11-16(3)19(13-18)21-20(23)15-26-14-17-9-7-6-8-10-17/h6-13H,4-5,14-15H2,1-3H3,(H,21,23). The van der Waals surface area contributed by atoms with Crippen molar-refractivity contribution in [3.8, 4) is 0 Å². The highest BCUT2D eigenvalue weighted by Gasteiger charge is 2.22. The van der Waals surface area contributed by atoms with Gasteiger partial charge in [-0.15, -0.1) is 11.8 Å². The third-order valence-corrected chi connectivity index (χ3v) is 7.22. The molecule has 0 saturated heterocycles. The molecule has 0 aliphatic heterocycles. The average Bonchev–Trinajstić information content (AvgIpc) is 2.65. The summed E-state index contributed by atoms with van der Waals surface area (Å²) < 4.78 is 26.8. The Morgan fingerprint density at radius 2 is 1.74 bits per heavy atom. The van der Waals surface area contributed by atoms with Gasteiger partial charge in [-0.1, -0.05) is 50.2 Å². The first-order valence-electron chi connectivity index (χ1n) is 8.90. The highest BCUT2D eigenvalue weighted by atomic mass is 32.2. The number of benzene rings is 2. The maximum Gasteiger partial charge on any atom is 0.243 e. The van der Waals surface area contributed by atoms with E-state index in [1.54, 1.807) is 18.2 Å². The minimum absolute atomic E-state index is 0.142. The van der Waals surface area contributed by atoms with Crippen LogP contribution in [-0.4, -0.2) is 37.5 Å². The fourth-order valence-electron chi connectivity index (χ4n) is 2.63. The van der Waals surface area contributed by atoms with E-state index in [4.69, 9.17) is 0 Å². The fraction of sp³-hybridized carbons (Fsp3) is 0.350. The molecule has 2 rings (SSSR count). The molecule has 0 saturated carbocycles. The molecule has 0 radical (unpaired) electrons. The molecule has 0 unspecified atom stereocenters. The van der Waals surface area contributed by atoms with Crippen LogP contribution in [-0.2, 0) is 20.6 Å². The van der Waals surface area contributed by atoms with Crippen molar-refractivity contribution >= 4 is 33.4 Å². The lowest BCUT2D eigenvalue weighted by molar-refractivity contribution is -0.113. The van der Waals surface area contributed by atoms with E-state index < -0.39 is 10.0 Å². The van der Waals surface area contributed by atoms with Crippen LogP contribution < -0.4 is 5.32 Å². The summed E-state index contributed by atoms with van der Waals surface area (Å²) in [5.74, 6) is 0.918. The summed E-state index contributed by atoms with van der Waals surface area (Å²) in [6.07, 6.45) is 0. The van der Waals surface area contributed by atoms with Crippen molar-refractivity contribution in [2.24, 2.45) is 0 Å². The van der Waals surface area contributed by atoms with Gasteiger partial charge in [-0.3, -0.25) is 4.79 Å². The number of rotatable bonds is 9. The van der Waals surface area contributed by atoms with Gasteiger partial charge in [0.1, 0.15) is 0 Å². The summed E-state index contributed by atoms with van der Waals surface area (Å²) in [6, 6.07) is 14.8. The monoisotopic (exact) mass is 406 g/mol. The quantitative estimate of drug-likeness (QED) is 0.686. The zero-order valence-corrected chi connectivity index (χ0v) is 17.6. The van der Waals surface area contributed by atoms with E-state index in [1.807, 2.05) is 51.1 Å². The zero-order chi connectivity index (χ0) is 19.9. The van der Waals surface area contributed by atoms with Gasteiger partial charge in [0.15, 0.2) is 0 Å². The number of nitrogens with zero attached hydrogens (tertiary/aromatic N) is 1. The van der Waals surface area contributed by atoms with Crippen LogP contribution >= 0.6 is 11.8 Å². The predicted molar refractivity (Wildman–Crippen MR) is 113 cm³/mol. The molecule has 7 heteroatoms. The molecule has 0 aliphatic carbocycles. The molecule has 5 nitrogen and oxygen atoms in total. The number of hydrogen-bond donors (Lipinski definition) is 1. The third kappa shape index (κ3) is 5.82. The number of hydrogen-bond acceptors (Lipinski definition) is 4. The molecule has 0 bridgehead atoms. The molecular weight excluding hydrogens is 380 g/mol. The first-order valence-corrected chi connectivity index (χ1v) is 11.5. The van der Waals surface area contributed by atoms with Crippen LogP contribution in [0.25, 0.3) is 0 Å². The molecule has 2 aromatic rings. The van der Waals surface area contributed by atoms with Gasteiger partial charge in [0.25, 0.3) is 0 Å². The van der Waals surface area contributed by atoms with Gasteiger partial charge >= 0.3 is 0 Å². The molecule has 0 fully saturated rings. The number of nitrogens with one attached hydrogen (secondary N) is 1. The van der Waals surface area contributed by atoms with Crippen molar-refractivity contribution in [2.45, 2.75) is 31.4 Å². The van der Waals surface area contributed by atoms with Crippen LogP contribution in [0, 0.1) is 6.92 Å². The number of carbonyl (C=O) groups excluding carboxylic acids is 1. The second-order valence-electron chi connectivity index (χ2n) is 6.09. The van der Waals surface area contributed by atoms with Crippen LogP contribution in [0.3, 0.4) is 0 Å². The topological polar surface area (TPSA) is 66.5 Å². The second kappa shape index (κ2) is 9.92. The van der Waals surface area contributed by atoms with E-state index in [1.165, 1.54) is 21.6 Å². The summed E-state index contributed by atoms with van der Waals surface area (Å²) in [5.41, 5.74) is 2.53. The molecule has 27 heavy (non-hydrogen) atoms. The van der Waals surface area contributed by atoms with Crippen LogP contribution in [0.2, 0.25) is 0 Å². The molecule has 0 aromatic heterocycles. The molecule has 0 atom stereocenters. The van der Waals surface area contributed by atoms with Crippen molar-refractivity contribution in [3.05, 3.63) is 59.7 Å². The zero-order valence-electron chi connectivity index (χ0n) is 15.9. The van der Waals surface area contributed by atoms with E-state index in [0.29, 0.717) is 24.5 Å². The Balaban J connectivity index is 2.04. The second-order valence-corrected chi connectivity index (χ2v) is 9.02. The molecule has 2 aromatic carbocycles. The SMILES string of the molecule is CCN(CC)S(=O)(=O)c1ccc(C)c(NC(=O)CSCc2ccccc2)c1. The third-order valence-electron chi connectivity index (χ3n) is 4.17. The first kappa shape index (κ1) is 21.5. The Morgan fingerprint density at radius 3 is 2.37 bits per heavy atom. The lowest BCUT2D eigenvalue weighted by Crippen LogP contribution is -2.30. The molecular formula is C20H26N2O3S2. The van der Waals surface area contributed by atoms with Crippen LogP contribution in [0.15, 0.2) is 53.4 Å². The number of amides is 1. The minimum Gasteiger partial charge on any atom is -0.325 e. The fourth-order valence-corrected chi connectivity index (χ4v) is 4.90. The van der Waals surface area contributed by atoms with E-state index in [-0.39, 0.29) is 10.8 Å². The van der Waals surface area contributed by atoms with Gasteiger partial charge in [0.2, 0.25) is 15.9 Å². The Hall–Kier alpha value is -1.83. The van der Waals surface area contributed by atoms with Gasteiger partial charge in [-0.05, 0) is 30.2 Å². The average molecular weight is 407 g/mol. The Bertz CT molecular complexity index is 864. The highest BCUT2D eigenvalue weighted by Crippen LogP contribution is 2.23. The highest BCUT2D eigenvalue weighted by molar-refractivity contribution is 7.99. The number of anilines is 1.